The standard InChI is InChI=1S/C16H21NO2/c1-6-17-9-10(2)12-7-11(16(3,4)5)8-13(14(12)17)15(18)19/h7-9H,6H2,1-5H3,(H,18,19). The first-order valence-corrected chi connectivity index (χ1v) is 6.63. The average Bonchev–Trinajstić information content (AvgIpc) is 2.64. The highest BCUT2D eigenvalue weighted by molar-refractivity contribution is 6.04. The maximum atomic E-state index is 11.6. The third kappa shape index (κ3) is 2.25. The third-order valence-corrected chi connectivity index (χ3v) is 3.61. The molecule has 1 N–H and O–H groups in total. The topological polar surface area (TPSA) is 42.2 Å². The quantitative estimate of drug-likeness (QED) is 0.886. The molecule has 2 rings (SSSR count). The van der Waals surface area contributed by atoms with Crippen LogP contribution in [-0.2, 0) is 12.0 Å². The van der Waals surface area contributed by atoms with Gasteiger partial charge in [-0.1, -0.05) is 20.8 Å². The molecule has 0 fully saturated rings. The minimum Gasteiger partial charge on any atom is -0.478 e. The summed E-state index contributed by atoms with van der Waals surface area (Å²) in [7, 11) is 0. The smallest absolute Gasteiger partial charge is 0.337 e. The van der Waals surface area contributed by atoms with Gasteiger partial charge in [-0.05, 0) is 42.5 Å². The molecule has 19 heavy (non-hydrogen) atoms. The Balaban J connectivity index is 2.89. The van der Waals surface area contributed by atoms with Crippen molar-refractivity contribution in [2.75, 3.05) is 0 Å². The predicted molar refractivity (Wildman–Crippen MR) is 78.0 cm³/mol. The van der Waals surface area contributed by atoms with Gasteiger partial charge in [-0.2, -0.15) is 0 Å². The lowest BCUT2D eigenvalue weighted by atomic mass is 9.85. The molecule has 0 radical (unpaired) electrons. The van der Waals surface area contributed by atoms with Crippen LogP contribution < -0.4 is 0 Å². The number of carboxylic acids is 1. The Labute approximate surface area is 113 Å². The van der Waals surface area contributed by atoms with E-state index >= 15 is 0 Å². The molecule has 0 aliphatic heterocycles. The van der Waals surface area contributed by atoms with Crippen molar-refractivity contribution in [2.45, 2.75) is 46.6 Å². The van der Waals surface area contributed by atoms with Crippen LogP contribution in [0.5, 0.6) is 0 Å². The van der Waals surface area contributed by atoms with Crippen molar-refractivity contribution in [3.8, 4) is 0 Å². The Kier molecular flexibility index (Phi) is 3.17. The Morgan fingerprint density at radius 2 is 1.95 bits per heavy atom. The summed E-state index contributed by atoms with van der Waals surface area (Å²) in [6.45, 7) is 11.2. The van der Waals surface area contributed by atoms with Gasteiger partial charge in [0.05, 0.1) is 11.1 Å². The van der Waals surface area contributed by atoms with Crippen molar-refractivity contribution in [3.63, 3.8) is 0 Å². The number of aromatic nitrogens is 1. The molecule has 0 spiro atoms. The molecular weight excluding hydrogens is 238 g/mol. The van der Waals surface area contributed by atoms with Crippen molar-refractivity contribution >= 4 is 16.9 Å². The van der Waals surface area contributed by atoms with Crippen LogP contribution in [-0.4, -0.2) is 15.6 Å². The zero-order chi connectivity index (χ0) is 14.4. The van der Waals surface area contributed by atoms with Crippen LogP contribution in [0.15, 0.2) is 18.3 Å². The predicted octanol–water partition coefficient (Wildman–Crippen LogP) is 3.97. The fourth-order valence-corrected chi connectivity index (χ4v) is 2.46. The first kappa shape index (κ1) is 13.7. The van der Waals surface area contributed by atoms with Crippen molar-refractivity contribution in [1.82, 2.24) is 4.57 Å². The molecule has 0 aliphatic carbocycles. The van der Waals surface area contributed by atoms with Gasteiger partial charge in [-0.15, -0.1) is 0 Å². The maximum absolute atomic E-state index is 11.6. The molecule has 102 valence electrons. The summed E-state index contributed by atoms with van der Waals surface area (Å²) in [6.07, 6.45) is 2.03. The van der Waals surface area contributed by atoms with E-state index in [0.717, 1.165) is 28.6 Å². The van der Waals surface area contributed by atoms with E-state index in [-0.39, 0.29) is 5.41 Å². The molecule has 1 aromatic heterocycles. The number of hydrogen-bond acceptors (Lipinski definition) is 1. The van der Waals surface area contributed by atoms with E-state index < -0.39 is 5.97 Å². The molecule has 3 heteroatoms. The lowest BCUT2D eigenvalue weighted by Crippen LogP contribution is -2.13. The zero-order valence-electron chi connectivity index (χ0n) is 12.2. The minimum atomic E-state index is -0.857. The molecular formula is C16H21NO2. The first-order chi connectivity index (χ1) is 8.75. The van der Waals surface area contributed by atoms with Crippen molar-refractivity contribution < 1.29 is 9.90 Å². The van der Waals surface area contributed by atoms with Gasteiger partial charge < -0.3 is 9.67 Å². The summed E-state index contributed by atoms with van der Waals surface area (Å²) in [6, 6.07) is 3.94. The van der Waals surface area contributed by atoms with Crippen LogP contribution in [0.4, 0.5) is 0 Å². The Hall–Kier alpha value is -1.77. The number of nitrogens with zero attached hydrogens (tertiary/aromatic N) is 1. The third-order valence-electron chi connectivity index (χ3n) is 3.61. The number of aromatic carboxylic acids is 1. The fourth-order valence-electron chi connectivity index (χ4n) is 2.46. The van der Waals surface area contributed by atoms with E-state index in [2.05, 4.69) is 26.8 Å². The van der Waals surface area contributed by atoms with E-state index in [1.807, 2.05) is 30.7 Å². The molecule has 0 aliphatic rings. The van der Waals surface area contributed by atoms with Gasteiger partial charge in [-0.25, -0.2) is 4.79 Å². The number of benzene rings is 1. The van der Waals surface area contributed by atoms with Crippen molar-refractivity contribution in [1.29, 1.82) is 0 Å². The zero-order valence-corrected chi connectivity index (χ0v) is 12.2. The molecule has 1 aromatic carbocycles. The van der Waals surface area contributed by atoms with E-state index in [1.165, 1.54) is 0 Å². The second kappa shape index (κ2) is 4.41. The van der Waals surface area contributed by atoms with Gasteiger partial charge in [-0.3, -0.25) is 0 Å². The Morgan fingerprint density at radius 3 is 2.42 bits per heavy atom. The summed E-state index contributed by atoms with van der Waals surface area (Å²) >= 11 is 0. The lowest BCUT2D eigenvalue weighted by Gasteiger charge is -2.20. The second-order valence-corrected chi connectivity index (χ2v) is 6.07. The van der Waals surface area contributed by atoms with Crippen LogP contribution in [0, 0.1) is 6.92 Å². The van der Waals surface area contributed by atoms with E-state index in [9.17, 15) is 9.90 Å². The van der Waals surface area contributed by atoms with E-state index in [0.29, 0.717) is 5.56 Å². The summed E-state index contributed by atoms with van der Waals surface area (Å²) in [5, 5.41) is 10.5. The second-order valence-electron chi connectivity index (χ2n) is 6.07. The molecule has 1 heterocycles. The van der Waals surface area contributed by atoms with Crippen molar-refractivity contribution in [3.05, 3.63) is 35.0 Å². The van der Waals surface area contributed by atoms with Gasteiger partial charge >= 0.3 is 5.97 Å². The molecule has 3 nitrogen and oxygen atoms in total. The molecule has 0 bridgehead atoms. The normalized spacial score (nSPS) is 12.1. The van der Waals surface area contributed by atoms with Gasteiger partial charge in [0.25, 0.3) is 0 Å². The summed E-state index contributed by atoms with van der Waals surface area (Å²) in [5.41, 5.74) is 3.37. The van der Waals surface area contributed by atoms with Gasteiger partial charge in [0, 0.05) is 18.1 Å². The number of rotatable bonds is 2. The summed E-state index contributed by atoms with van der Waals surface area (Å²) in [4.78, 5) is 11.6. The largest absolute Gasteiger partial charge is 0.478 e. The first-order valence-electron chi connectivity index (χ1n) is 6.63. The molecule has 0 unspecified atom stereocenters. The van der Waals surface area contributed by atoms with Gasteiger partial charge in [0.2, 0.25) is 0 Å². The highest BCUT2D eigenvalue weighted by atomic mass is 16.4. The number of fused-ring (bicyclic) bond motifs is 1. The van der Waals surface area contributed by atoms with E-state index in [1.54, 1.807) is 0 Å². The maximum Gasteiger partial charge on any atom is 0.337 e. The van der Waals surface area contributed by atoms with Crippen LogP contribution in [0.3, 0.4) is 0 Å². The SMILES string of the molecule is CCn1cc(C)c2cc(C(C)(C)C)cc(C(=O)O)c21. The van der Waals surface area contributed by atoms with Crippen molar-refractivity contribution in [2.24, 2.45) is 0 Å². The highest BCUT2D eigenvalue weighted by Crippen LogP contribution is 2.31. The van der Waals surface area contributed by atoms with Crippen LogP contribution in [0.1, 0.15) is 49.2 Å². The Bertz CT molecular complexity index is 645. The molecule has 0 saturated carbocycles. The number of carboxylic acid groups (broad SMARTS) is 1. The minimum absolute atomic E-state index is 0.0564. The van der Waals surface area contributed by atoms with Crippen LogP contribution in [0.2, 0.25) is 0 Å². The highest BCUT2D eigenvalue weighted by Gasteiger charge is 2.21. The summed E-state index contributed by atoms with van der Waals surface area (Å²) in [5.74, 6) is -0.857. The molecule has 0 amide bonds. The van der Waals surface area contributed by atoms with Crippen LogP contribution >= 0.6 is 0 Å². The molecule has 0 saturated heterocycles. The van der Waals surface area contributed by atoms with Gasteiger partial charge in [0.15, 0.2) is 0 Å². The summed E-state index contributed by atoms with van der Waals surface area (Å²) < 4.78 is 2.01. The molecule has 0 atom stereocenters. The van der Waals surface area contributed by atoms with E-state index in [4.69, 9.17) is 0 Å². The van der Waals surface area contributed by atoms with Gasteiger partial charge in [0.1, 0.15) is 0 Å². The average molecular weight is 259 g/mol. The lowest BCUT2D eigenvalue weighted by molar-refractivity contribution is 0.0698. The Morgan fingerprint density at radius 1 is 1.32 bits per heavy atom. The number of hydrogen-bond donors (Lipinski definition) is 1. The monoisotopic (exact) mass is 259 g/mol. The fraction of sp³-hybridized carbons (Fsp3) is 0.438. The number of carbonyl (C=O) groups is 1. The van der Waals surface area contributed by atoms with Crippen LogP contribution in [0.25, 0.3) is 10.9 Å². The number of aryl methyl sites for hydroxylation is 2. The molecule has 2 aromatic rings.